The van der Waals surface area contributed by atoms with E-state index in [0.29, 0.717) is 26.2 Å². The van der Waals surface area contributed by atoms with Crippen molar-refractivity contribution in [2.75, 3.05) is 19.8 Å². The second kappa shape index (κ2) is 6.70. The quantitative estimate of drug-likeness (QED) is 0.735. The fourth-order valence-corrected chi connectivity index (χ4v) is 2.02. The Morgan fingerprint density at radius 3 is 2.84 bits per heavy atom. The van der Waals surface area contributed by atoms with E-state index in [2.05, 4.69) is 0 Å². The molecule has 19 heavy (non-hydrogen) atoms. The average Bonchev–Trinajstić information content (AvgIpc) is 2.91. The van der Waals surface area contributed by atoms with Crippen molar-refractivity contribution in [1.29, 1.82) is 0 Å². The molecule has 1 heterocycles. The van der Waals surface area contributed by atoms with Gasteiger partial charge in [-0.25, -0.2) is 0 Å². The number of carboxylic acids is 1. The third kappa shape index (κ3) is 4.34. The number of allylic oxidation sites excluding steroid dienone is 3. The highest BCUT2D eigenvalue weighted by Gasteiger charge is 2.20. The smallest absolute Gasteiger partial charge is 0.320 e. The van der Waals surface area contributed by atoms with Crippen LogP contribution >= 0.6 is 0 Å². The highest BCUT2D eigenvalue weighted by molar-refractivity contribution is 5.73. The Kier molecular flexibility index (Phi) is 4.95. The Labute approximate surface area is 111 Å². The molecule has 106 valence electrons. The second-order valence-electron chi connectivity index (χ2n) is 4.62. The molecule has 1 aliphatic carbocycles. The fourth-order valence-electron chi connectivity index (χ4n) is 2.02. The lowest BCUT2D eigenvalue weighted by Gasteiger charge is -2.19. The Balaban J connectivity index is 1.71. The lowest BCUT2D eigenvalue weighted by molar-refractivity contribution is -0.138. The minimum absolute atomic E-state index is 0.150. The number of aliphatic carboxylic acids is 1. The van der Waals surface area contributed by atoms with E-state index in [4.69, 9.17) is 25.1 Å². The van der Waals surface area contributed by atoms with E-state index in [9.17, 15) is 4.79 Å². The topological polar surface area (TPSA) is 91.0 Å². The van der Waals surface area contributed by atoms with Gasteiger partial charge in [-0.3, -0.25) is 4.79 Å². The van der Waals surface area contributed by atoms with E-state index in [1.54, 1.807) is 0 Å². The lowest BCUT2D eigenvalue weighted by Crippen LogP contribution is -2.32. The molecule has 2 rings (SSSR count). The maximum absolute atomic E-state index is 10.7. The van der Waals surface area contributed by atoms with Gasteiger partial charge in [0, 0.05) is 0 Å². The summed E-state index contributed by atoms with van der Waals surface area (Å²) in [6.45, 7) is 1.59. The molecule has 0 saturated carbocycles. The van der Waals surface area contributed by atoms with Crippen LogP contribution < -0.4 is 5.73 Å². The van der Waals surface area contributed by atoms with Crippen molar-refractivity contribution < 1.29 is 24.1 Å². The third-order valence-corrected chi connectivity index (χ3v) is 3.11. The van der Waals surface area contributed by atoms with Gasteiger partial charge in [0.25, 0.3) is 0 Å². The van der Waals surface area contributed by atoms with Crippen LogP contribution in [0.25, 0.3) is 0 Å². The van der Waals surface area contributed by atoms with Crippen molar-refractivity contribution in [3.8, 4) is 0 Å². The van der Waals surface area contributed by atoms with E-state index < -0.39 is 12.0 Å². The van der Waals surface area contributed by atoms with E-state index in [1.807, 2.05) is 18.2 Å². The molecule has 6 heteroatoms. The minimum atomic E-state index is -0.963. The van der Waals surface area contributed by atoms with Gasteiger partial charge in [-0.2, -0.15) is 0 Å². The summed E-state index contributed by atoms with van der Waals surface area (Å²) in [5.74, 6) is -0.0494. The Hall–Kier alpha value is -1.37. The molecule has 2 atom stereocenters. The van der Waals surface area contributed by atoms with Crippen LogP contribution in [0.4, 0.5) is 0 Å². The largest absolute Gasteiger partial charge is 0.489 e. The SMILES string of the molecule is NC(CC1C=CC(OCC2OCCO2)=CC1)C(=O)O. The number of hydrogen-bond donors (Lipinski definition) is 2. The molecule has 1 aliphatic heterocycles. The molecule has 2 unspecified atom stereocenters. The van der Waals surface area contributed by atoms with Crippen molar-refractivity contribution in [1.82, 2.24) is 0 Å². The predicted octanol–water partition coefficient (Wildman–Crippen LogP) is 0.638. The van der Waals surface area contributed by atoms with Crippen LogP contribution in [0.5, 0.6) is 0 Å². The molecule has 0 spiro atoms. The monoisotopic (exact) mass is 269 g/mol. The van der Waals surface area contributed by atoms with Gasteiger partial charge in [0.1, 0.15) is 18.4 Å². The summed E-state index contributed by atoms with van der Waals surface area (Å²) in [4.78, 5) is 10.7. The van der Waals surface area contributed by atoms with E-state index in [0.717, 1.165) is 12.2 Å². The van der Waals surface area contributed by atoms with E-state index in [1.165, 1.54) is 0 Å². The molecule has 0 radical (unpaired) electrons. The van der Waals surface area contributed by atoms with Gasteiger partial charge < -0.3 is 25.1 Å². The highest BCUT2D eigenvalue weighted by Crippen LogP contribution is 2.21. The van der Waals surface area contributed by atoms with Gasteiger partial charge in [0.2, 0.25) is 0 Å². The summed E-state index contributed by atoms with van der Waals surface area (Å²) in [7, 11) is 0. The van der Waals surface area contributed by atoms with Crippen LogP contribution in [-0.4, -0.2) is 43.2 Å². The van der Waals surface area contributed by atoms with Crippen LogP contribution in [0.3, 0.4) is 0 Å². The zero-order valence-electron chi connectivity index (χ0n) is 10.7. The summed E-state index contributed by atoms with van der Waals surface area (Å²) in [5, 5.41) is 8.75. The molecule has 0 aromatic heterocycles. The first-order chi connectivity index (χ1) is 9.15. The lowest BCUT2D eigenvalue weighted by atomic mass is 9.93. The third-order valence-electron chi connectivity index (χ3n) is 3.11. The van der Waals surface area contributed by atoms with Crippen molar-refractivity contribution in [3.05, 3.63) is 24.0 Å². The molecule has 0 aromatic carbocycles. The second-order valence-corrected chi connectivity index (χ2v) is 4.62. The summed E-state index contributed by atoms with van der Waals surface area (Å²) in [5.41, 5.74) is 5.50. The van der Waals surface area contributed by atoms with Crippen molar-refractivity contribution >= 4 is 5.97 Å². The van der Waals surface area contributed by atoms with E-state index >= 15 is 0 Å². The van der Waals surface area contributed by atoms with Gasteiger partial charge in [0.15, 0.2) is 6.29 Å². The van der Waals surface area contributed by atoms with Crippen molar-refractivity contribution in [3.63, 3.8) is 0 Å². The van der Waals surface area contributed by atoms with Crippen LogP contribution in [0, 0.1) is 5.92 Å². The standard InChI is InChI=1S/C13H19NO5/c14-11(13(15)16)7-9-1-3-10(4-2-9)19-8-12-17-5-6-18-12/h1,3-4,9,11-12H,2,5-8,14H2,(H,15,16). The van der Waals surface area contributed by atoms with Crippen molar-refractivity contribution in [2.24, 2.45) is 11.7 Å². The van der Waals surface area contributed by atoms with Crippen molar-refractivity contribution in [2.45, 2.75) is 25.2 Å². The minimum Gasteiger partial charge on any atom is -0.489 e. The van der Waals surface area contributed by atoms with E-state index in [-0.39, 0.29) is 12.2 Å². The van der Waals surface area contributed by atoms with Crippen LogP contribution in [-0.2, 0) is 19.0 Å². The summed E-state index contributed by atoms with van der Waals surface area (Å²) >= 11 is 0. The van der Waals surface area contributed by atoms with Crippen LogP contribution in [0.15, 0.2) is 24.0 Å². The van der Waals surface area contributed by atoms with Gasteiger partial charge >= 0.3 is 5.97 Å². The number of nitrogens with two attached hydrogens (primary N) is 1. The molecule has 6 nitrogen and oxygen atoms in total. The normalized spacial score (nSPS) is 25.1. The molecule has 1 fully saturated rings. The van der Waals surface area contributed by atoms with Crippen LogP contribution in [0.1, 0.15) is 12.8 Å². The first-order valence-electron chi connectivity index (χ1n) is 6.38. The average molecular weight is 269 g/mol. The summed E-state index contributed by atoms with van der Waals surface area (Å²) in [6, 6.07) is -0.814. The molecule has 0 amide bonds. The Morgan fingerprint density at radius 1 is 1.53 bits per heavy atom. The maximum Gasteiger partial charge on any atom is 0.320 e. The van der Waals surface area contributed by atoms with Crippen LogP contribution in [0.2, 0.25) is 0 Å². The maximum atomic E-state index is 10.7. The highest BCUT2D eigenvalue weighted by atomic mass is 16.7. The van der Waals surface area contributed by atoms with Gasteiger partial charge in [0.05, 0.1) is 13.2 Å². The van der Waals surface area contributed by atoms with Gasteiger partial charge in [-0.15, -0.1) is 0 Å². The fraction of sp³-hybridized carbons (Fsp3) is 0.615. The Bertz CT molecular complexity index is 373. The zero-order chi connectivity index (χ0) is 13.7. The molecule has 0 aromatic rings. The predicted molar refractivity (Wildman–Crippen MR) is 67.2 cm³/mol. The van der Waals surface area contributed by atoms with Gasteiger partial charge in [-0.05, 0) is 30.9 Å². The number of ether oxygens (including phenoxy) is 3. The molecule has 1 saturated heterocycles. The molecule has 0 bridgehead atoms. The zero-order valence-corrected chi connectivity index (χ0v) is 10.7. The molecule has 3 N–H and O–H groups in total. The summed E-state index contributed by atoms with van der Waals surface area (Å²) in [6.07, 6.45) is 6.61. The van der Waals surface area contributed by atoms with Gasteiger partial charge in [-0.1, -0.05) is 6.08 Å². The number of carboxylic acid groups (broad SMARTS) is 1. The first-order valence-corrected chi connectivity index (χ1v) is 6.38. The number of rotatable bonds is 6. The number of hydrogen-bond acceptors (Lipinski definition) is 5. The summed E-state index contributed by atoms with van der Waals surface area (Å²) < 4.78 is 16.1. The molecular formula is C13H19NO5. The number of carbonyl (C=O) groups is 1. The first kappa shape index (κ1) is 14.0. The Morgan fingerprint density at radius 2 is 2.26 bits per heavy atom. The molecular weight excluding hydrogens is 250 g/mol. The molecule has 2 aliphatic rings.